The zero-order valence-corrected chi connectivity index (χ0v) is 11.6. The Hall–Kier alpha value is -1.04. The maximum Gasteiger partial charge on any atom is 0.294 e. The Kier molecular flexibility index (Phi) is 3.28. The van der Waals surface area contributed by atoms with E-state index in [0.717, 1.165) is 26.2 Å². The van der Waals surface area contributed by atoms with Gasteiger partial charge in [-0.05, 0) is 17.9 Å². The van der Waals surface area contributed by atoms with Crippen LogP contribution in [0.3, 0.4) is 0 Å². The molecule has 0 radical (unpaired) electrons. The molecule has 19 heavy (non-hydrogen) atoms. The van der Waals surface area contributed by atoms with Gasteiger partial charge in [0.2, 0.25) is 0 Å². The topological polar surface area (TPSA) is 58.4 Å². The van der Waals surface area contributed by atoms with Gasteiger partial charge in [0.1, 0.15) is 5.69 Å². The number of hydrogen-bond acceptors (Lipinski definition) is 4. The molecule has 0 unspecified atom stereocenters. The third-order valence-electron chi connectivity index (χ3n) is 3.94. The second-order valence-electron chi connectivity index (χ2n) is 5.10. The Bertz CT molecular complexity index is 526. The lowest BCUT2D eigenvalue weighted by Gasteiger charge is -2.20. The number of rotatable bonds is 2. The maximum absolute atomic E-state index is 11.2. The van der Waals surface area contributed by atoms with Crippen LogP contribution in [-0.4, -0.2) is 31.1 Å². The highest BCUT2D eigenvalue weighted by Gasteiger charge is 2.38. The third kappa shape index (κ3) is 2.26. The first-order chi connectivity index (χ1) is 9.06. The fourth-order valence-electron chi connectivity index (χ4n) is 2.98. The molecule has 2 heterocycles. The number of fused-ring (bicyclic) bond motifs is 1. The minimum absolute atomic E-state index is 0.0299. The monoisotopic (exact) mass is 301 g/mol. The Morgan fingerprint density at radius 3 is 2.37 bits per heavy atom. The van der Waals surface area contributed by atoms with Crippen LogP contribution >= 0.6 is 23.2 Å². The predicted molar refractivity (Wildman–Crippen MR) is 75.2 cm³/mol. The van der Waals surface area contributed by atoms with Gasteiger partial charge in [0, 0.05) is 32.2 Å². The molecule has 3 rings (SSSR count). The fraction of sp³-hybridized carbons (Fsp3) is 0.500. The quantitative estimate of drug-likeness (QED) is 0.674. The molecule has 0 aliphatic carbocycles. The lowest BCUT2D eigenvalue weighted by molar-refractivity contribution is -0.384. The van der Waals surface area contributed by atoms with E-state index in [4.69, 9.17) is 23.2 Å². The van der Waals surface area contributed by atoms with Crippen LogP contribution in [-0.2, 0) is 0 Å². The smallest absolute Gasteiger partial charge is 0.294 e. The lowest BCUT2D eigenvalue weighted by atomic mass is 10.0. The molecule has 2 saturated heterocycles. The minimum atomic E-state index is -0.399. The number of nitrogens with zero attached hydrogens (tertiary/aromatic N) is 2. The van der Waals surface area contributed by atoms with Crippen molar-refractivity contribution < 1.29 is 4.92 Å². The Balaban J connectivity index is 1.96. The molecule has 5 nitrogen and oxygen atoms in total. The maximum atomic E-state index is 11.2. The average molecular weight is 302 g/mol. The molecular weight excluding hydrogens is 289 g/mol. The second kappa shape index (κ2) is 4.81. The van der Waals surface area contributed by atoms with E-state index >= 15 is 0 Å². The number of anilines is 1. The average Bonchev–Trinajstić information content (AvgIpc) is 2.92. The molecule has 2 atom stereocenters. The summed E-state index contributed by atoms with van der Waals surface area (Å²) in [5, 5.41) is 15.1. The molecule has 2 aliphatic heterocycles. The molecular formula is C12H13Cl2N3O2. The Morgan fingerprint density at radius 1 is 1.21 bits per heavy atom. The van der Waals surface area contributed by atoms with Gasteiger partial charge >= 0.3 is 0 Å². The molecule has 1 aromatic rings. The van der Waals surface area contributed by atoms with E-state index in [1.165, 1.54) is 6.07 Å². The SMILES string of the molecule is O=[N+]([O-])c1cc(Cl)c(Cl)cc1N1C[C@H]2CNC[C@H]2C1. The van der Waals surface area contributed by atoms with Crippen LogP contribution in [0.15, 0.2) is 12.1 Å². The van der Waals surface area contributed by atoms with Crippen molar-refractivity contribution in [2.75, 3.05) is 31.1 Å². The van der Waals surface area contributed by atoms with Gasteiger partial charge in [-0.3, -0.25) is 10.1 Å². The first-order valence-corrected chi connectivity index (χ1v) is 6.91. The van der Waals surface area contributed by atoms with Crippen LogP contribution in [0.1, 0.15) is 0 Å². The van der Waals surface area contributed by atoms with E-state index < -0.39 is 4.92 Å². The molecule has 0 saturated carbocycles. The molecule has 1 aromatic carbocycles. The molecule has 102 valence electrons. The van der Waals surface area contributed by atoms with Crippen LogP contribution in [0.2, 0.25) is 10.0 Å². The number of nitro benzene ring substituents is 1. The molecule has 2 fully saturated rings. The van der Waals surface area contributed by atoms with Gasteiger partial charge in [-0.25, -0.2) is 0 Å². The highest BCUT2D eigenvalue weighted by Crippen LogP contribution is 2.39. The normalized spacial score (nSPS) is 25.7. The van der Waals surface area contributed by atoms with E-state index in [9.17, 15) is 10.1 Å². The highest BCUT2D eigenvalue weighted by atomic mass is 35.5. The molecule has 7 heteroatoms. The highest BCUT2D eigenvalue weighted by molar-refractivity contribution is 6.42. The summed E-state index contributed by atoms with van der Waals surface area (Å²) in [6, 6.07) is 2.95. The van der Waals surface area contributed by atoms with Crippen molar-refractivity contribution >= 4 is 34.6 Å². The van der Waals surface area contributed by atoms with Gasteiger partial charge in [-0.2, -0.15) is 0 Å². The predicted octanol–water partition coefficient (Wildman–Crippen LogP) is 2.56. The van der Waals surface area contributed by atoms with Crippen molar-refractivity contribution in [3.05, 3.63) is 32.3 Å². The summed E-state index contributed by atoms with van der Waals surface area (Å²) in [5.41, 5.74) is 0.608. The number of benzene rings is 1. The zero-order chi connectivity index (χ0) is 13.6. The van der Waals surface area contributed by atoms with Gasteiger partial charge in [0.05, 0.1) is 15.0 Å². The largest absolute Gasteiger partial charge is 0.365 e. The zero-order valence-electron chi connectivity index (χ0n) is 10.1. The number of halogens is 2. The van der Waals surface area contributed by atoms with E-state index in [0.29, 0.717) is 22.5 Å². The van der Waals surface area contributed by atoms with Gasteiger partial charge in [-0.15, -0.1) is 0 Å². The lowest BCUT2D eigenvalue weighted by Crippen LogP contribution is -2.26. The Morgan fingerprint density at radius 2 is 1.79 bits per heavy atom. The first kappa shape index (κ1) is 13.0. The molecule has 2 aliphatic rings. The summed E-state index contributed by atoms with van der Waals surface area (Å²) < 4.78 is 0. The second-order valence-corrected chi connectivity index (χ2v) is 5.91. The fourth-order valence-corrected chi connectivity index (χ4v) is 3.29. The van der Waals surface area contributed by atoms with Crippen molar-refractivity contribution in [1.29, 1.82) is 0 Å². The summed E-state index contributed by atoms with van der Waals surface area (Å²) in [4.78, 5) is 12.8. The third-order valence-corrected chi connectivity index (χ3v) is 4.67. The summed E-state index contributed by atoms with van der Waals surface area (Å²) in [6.45, 7) is 3.62. The van der Waals surface area contributed by atoms with Crippen molar-refractivity contribution in [2.45, 2.75) is 0 Å². The van der Waals surface area contributed by atoms with Crippen LogP contribution in [0.25, 0.3) is 0 Å². The molecule has 1 N–H and O–H groups in total. The van der Waals surface area contributed by atoms with Crippen LogP contribution < -0.4 is 10.2 Å². The van der Waals surface area contributed by atoms with Crippen molar-refractivity contribution in [2.24, 2.45) is 11.8 Å². The first-order valence-electron chi connectivity index (χ1n) is 6.15. The van der Waals surface area contributed by atoms with Gasteiger partial charge in [-0.1, -0.05) is 23.2 Å². The minimum Gasteiger partial charge on any atom is -0.365 e. The molecule has 0 spiro atoms. The molecule has 0 bridgehead atoms. The van der Waals surface area contributed by atoms with Crippen LogP contribution in [0.5, 0.6) is 0 Å². The van der Waals surface area contributed by atoms with Gasteiger partial charge in [0.15, 0.2) is 0 Å². The van der Waals surface area contributed by atoms with Gasteiger partial charge < -0.3 is 10.2 Å². The van der Waals surface area contributed by atoms with E-state index in [1.54, 1.807) is 6.07 Å². The van der Waals surface area contributed by atoms with E-state index in [2.05, 4.69) is 10.2 Å². The standard InChI is InChI=1S/C12H13Cl2N3O2/c13-9-1-11(12(17(18)19)2-10(9)14)16-5-7-3-15-4-8(7)6-16/h1-2,7-8,15H,3-6H2/t7-,8+. The number of nitro groups is 1. The van der Waals surface area contributed by atoms with Crippen molar-refractivity contribution in [3.8, 4) is 0 Å². The molecule has 0 aromatic heterocycles. The van der Waals surface area contributed by atoms with Gasteiger partial charge in [0.25, 0.3) is 5.69 Å². The molecule has 0 amide bonds. The van der Waals surface area contributed by atoms with Crippen LogP contribution in [0, 0.1) is 22.0 Å². The van der Waals surface area contributed by atoms with E-state index in [-0.39, 0.29) is 10.7 Å². The summed E-state index contributed by atoms with van der Waals surface area (Å²) in [7, 11) is 0. The summed E-state index contributed by atoms with van der Waals surface area (Å²) in [6.07, 6.45) is 0. The van der Waals surface area contributed by atoms with E-state index in [1.807, 2.05) is 0 Å². The summed E-state index contributed by atoms with van der Waals surface area (Å²) in [5.74, 6) is 1.13. The summed E-state index contributed by atoms with van der Waals surface area (Å²) >= 11 is 11.9. The van der Waals surface area contributed by atoms with Crippen LogP contribution in [0.4, 0.5) is 11.4 Å². The Labute approximate surface area is 120 Å². The number of nitrogens with one attached hydrogen (secondary N) is 1. The van der Waals surface area contributed by atoms with Crippen molar-refractivity contribution in [1.82, 2.24) is 5.32 Å². The number of hydrogen-bond donors (Lipinski definition) is 1. The van der Waals surface area contributed by atoms with Crippen molar-refractivity contribution in [3.63, 3.8) is 0 Å².